The van der Waals surface area contributed by atoms with E-state index < -0.39 is 0 Å². The van der Waals surface area contributed by atoms with Crippen molar-refractivity contribution < 1.29 is 9.53 Å². The summed E-state index contributed by atoms with van der Waals surface area (Å²) in [5.74, 6) is 0.498. The number of carbonyl (C=O) groups excluding carboxylic acids is 1. The number of unbranched alkanes of at least 4 members (excludes halogenated alkanes) is 1. The van der Waals surface area contributed by atoms with Crippen LogP contribution in [0.5, 0.6) is 0 Å². The molecule has 0 N–H and O–H groups in total. The van der Waals surface area contributed by atoms with Gasteiger partial charge in [0.1, 0.15) is 0 Å². The van der Waals surface area contributed by atoms with E-state index in [2.05, 4.69) is 29.8 Å². The number of nitrogens with zero attached hydrogens (tertiary/aromatic N) is 3. The molecule has 1 saturated heterocycles. The third kappa shape index (κ3) is 7.02. The van der Waals surface area contributed by atoms with Crippen molar-refractivity contribution in [3.63, 3.8) is 0 Å². The van der Waals surface area contributed by atoms with Crippen molar-refractivity contribution in [1.29, 1.82) is 0 Å². The Kier molecular flexibility index (Phi) is 8.73. The predicted molar refractivity (Wildman–Crippen MR) is 100 cm³/mol. The van der Waals surface area contributed by atoms with Gasteiger partial charge in [-0.1, -0.05) is 39.2 Å². The van der Waals surface area contributed by atoms with Gasteiger partial charge in [0.05, 0.1) is 6.61 Å². The first-order chi connectivity index (χ1) is 12.2. The van der Waals surface area contributed by atoms with E-state index in [-0.39, 0.29) is 6.09 Å². The fourth-order valence-corrected chi connectivity index (χ4v) is 3.24. The Bertz CT molecular complexity index is 495. The van der Waals surface area contributed by atoms with Gasteiger partial charge < -0.3 is 9.64 Å². The van der Waals surface area contributed by atoms with Crippen LogP contribution in [-0.4, -0.2) is 53.7 Å². The summed E-state index contributed by atoms with van der Waals surface area (Å²) in [6.45, 7) is 9.25. The molecule has 2 rings (SSSR count). The molecule has 25 heavy (non-hydrogen) atoms. The first kappa shape index (κ1) is 19.7. The average molecular weight is 348 g/mol. The lowest BCUT2D eigenvalue weighted by atomic mass is 10.0. The Hall–Kier alpha value is -1.62. The number of pyridine rings is 1. The SMILES string of the molecule is CCCCC(CC)COC(=O)N1CCCN(Cc2cccnc2)CC1. The molecule has 5 heteroatoms. The zero-order valence-electron chi connectivity index (χ0n) is 15.8. The first-order valence-electron chi connectivity index (χ1n) is 9.75. The zero-order valence-corrected chi connectivity index (χ0v) is 15.8. The van der Waals surface area contributed by atoms with E-state index in [1.54, 1.807) is 6.20 Å². The highest BCUT2D eigenvalue weighted by Crippen LogP contribution is 2.14. The van der Waals surface area contributed by atoms with Crippen LogP contribution in [0.4, 0.5) is 4.79 Å². The molecule has 1 fully saturated rings. The van der Waals surface area contributed by atoms with Gasteiger partial charge >= 0.3 is 6.09 Å². The number of rotatable bonds is 8. The van der Waals surface area contributed by atoms with Gasteiger partial charge in [-0.15, -0.1) is 0 Å². The van der Waals surface area contributed by atoms with Crippen molar-refractivity contribution >= 4 is 6.09 Å². The van der Waals surface area contributed by atoms with E-state index in [9.17, 15) is 4.79 Å². The number of amides is 1. The molecule has 0 saturated carbocycles. The molecule has 1 amide bonds. The average Bonchev–Trinajstić information content (AvgIpc) is 2.88. The maximum Gasteiger partial charge on any atom is 0.409 e. The molecule has 0 bridgehead atoms. The highest BCUT2D eigenvalue weighted by molar-refractivity contribution is 5.67. The van der Waals surface area contributed by atoms with Crippen LogP contribution in [0.3, 0.4) is 0 Å². The highest BCUT2D eigenvalue weighted by Gasteiger charge is 2.21. The van der Waals surface area contributed by atoms with Crippen molar-refractivity contribution in [2.45, 2.75) is 52.5 Å². The molecule has 1 unspecified atom stereocenters. The van der Waals surface area contributed by atoms with Gasteiger partial charge in [0.2, 0.25) is 0 Å². The molecule has 0 radical (unpaired) electrons. The van der Waals surface area contributed by atoms with Crippen molar-refractivity contribution in [3.8, 4) is 0 Å². The largest absolute Gasteiger partial charge is 0.449 e. The Labute approximate surface area is 152 Å². The van der Waals surface area contributed by atoms with Gasteiger partial charge in [-0.25, -0.2) is 4.79 Å². The summed E-state index contributed by atoms with van der Waals surface area (Å²) in [6.07, 6.45) is 9.20. The van der Waals surface area contributed by atoms with E-state index >= 15 is 0 Å². The molecule has 1 aromatic heterocycles. The Balaban J connectivity index is 1.74. The second kappa shape index (κ2) is 11.1. The van der Waals surface area contributed by atoms with Gasteiger partial charge in [-0.2, -0.15) is 0 Å². The molecule has 2 heterocycles. The van der Waals surface area contributed by atoms with E-state index in [1.807, 2.05) is 17.2 Å². The molecule has 1 atom stereocenters. The van der Waals surface area contributed by atoms with Crippen LogP contribution < -0.4 is 0 Å². The van der Waals surface area contributed by atoms with Gasteiger partial charge in [0.25, 0.3) is 0 Å². The minimum absolute atomic E-state index is 0.141. The van der Waals surface area contributed by atoms with Crippen molar-refractivity contribution in [2.24, 2.45) is 5.92 Å². The molecule has 5 nitrogen and oxygen atoms in total. The quantitative estimate of drug-likeness (QED) is 0.714. The number of hydrogen-bond donors (Lipinski definition) is 0. The molecule has 1 aromatic rings. The second-order valence-corrected chi connectivity index (χ2v) is 6.97. The Morgan fingerprint density at radius 1 is 1.28 bits per heavy atom. The molecular formula is C20H33N3O2. The fraction of sp³-hybridized carbons (Fsp3) is 0.700. The summed E-state index contributed by atoms with van der Waals surface area (Å²) in [6, 6.07) is 4.07. The Morgan fingerprint density at radius 2 is 2.16 bits per heavy atom. The van der Waals surface area contributed by atoms with Gasteiger partial charge in [-0.3, -0.25) is 9.88 Å². The second-order valence-electron chi connectivity index (χ2n) is 6.97. The Morgan fingerprint density at radius 3 is 2.88 bits per heavy atom. The van der Waals surface area contributed by atoms with Crippen LogP contribution in [-0.2, 0) is 11.3 Å². The maximum atomic E-state index is 12.4. The van der Waals surface area contributed by atoms with Gasteiger partial charge in [-0.05, 0) is 30.4 Å². The molecule has 0 aromatic carbocycles. The lowest BCUT2D eigenvalue weighted by molar-refractivity contribution is 0.0856. The first-order valence-corrected chi connectivity index (χ1v) is 9.75. The third-order valence-corrected chi connectivity index (χ3v) is 4.96. The molecule has 0 aliphatic carbocycles. The fourth-order valence-electron chi connectivity index (χ4n) is 3.24. The molecule has 140 valence electrons. The number of hydrogen-bond acceptors (Lipinski definition) is 4. The molecule has 1 aliphatic rings. The summed E-state index contributed by atoms with van der Waals surface area (Å²) >= 11 is 0. The van der Waals surface area contributed by atoms with E-state index in [4.69, 9.17) is 4.74 Å². The van der Waals surface area contributed by atoms with Crippen LogP contribution in [0.15, 0.2) is 24.5 Å². The van der Waals surface area contributed by atoms with Gasteiger partial charge in [0.15, 0.2) is 0 Å². The van der Waals surface area contributed by atoms with Crippen LogP contribution in [0, 0.1) is 5.92 Å². The number of aromatic nitrogens is 1. The lowest BCUT2D eigenvalue weighted by Crippen LogP contribution is -2.36. The standard InChI is InChI=1S/C20H33N3O2/c1-3-5-8-18(4-2)17-25-20(24)23-12-7-11-22(13-14-23)16-19-9-6-10-21-15-19/h6,9-10,15,18H,3-5,7-8,11-14,16-17H2,1-2H3. The number of ether oxygens (including phenoxy) is 1. The topological polar surface area (TPSA) is 45.7 Å². The predicted octanol–water partition coefficient (Wildman–Crippen LogP) is 3.94. The smallest absolute Gasteiger partial charge is 0.409 e. The van der Waals surface area contributed by atoms with E-state index in [0.29, 0.717) is 12.5 Å². The summed E-state index contributed by atoms with van der Waals surface area (Å²) in [5.41, 5.74) is 1.22. The minimum atomic E-state index is -0.141. The normalized spacial score (nSPS) is 17.1. The third-order valence-electron chi connectivity index (χ3n) is 4.96. The molecule has 0 spiro atoms. The highest BCUT2D eigenvalue weighted by atomic mass is 16.6. The van der Waals surface area contributed by atoms with Crippen molar-refractivity contribution in [2.75, 3.05) is 32.8 Å². The zero-order chi connectivity index (χ0) is 17.9. The van der Waals surface area contributed by atoms with Crippen molar-refractivity contribution in [1.82, 2.24) is 14.8 Å². The van der Waals surface area contributed by atoms with E-state index in [1.165, 1.54) is 18.4 Å². The van der Waals surface area contributed by atoms with Crippen LogP contribution in [0.25, 0.3) is 0 Å². The summed E-state index contributed by atoms with van der Waals surface area (Å²) in [5, 5.41) is 0. The van der Waals surface area contributed by atoms with Crippen LogP contribution in [0.2, 0.25) is 0 Å². The van der Waals surface area contributed by atoms with E-state index in [0.717, 1.165) is 52.0 Å². The van der Waals surface area contributed by atoms with Crippen LogP contribution in [0.1, 0.15) is 51.5 Å². The van der Waals surface area contributed by atoms with Crippen molar-refractivity contribution in [3.05, 3.63) is 30.1 Å². The number of carbonyl (C=O) groups is 1. The maximum absolute atomic E-state index is 12.4. The molecule has 1 aliphatic heterocycles. The summed E-state index contributed by atoms with van der Waals surface area (Å²) < 4.78 is 5.60. The lowest BCUT2D eigenvalue weighted by Gasteiger charge is -2.23. The monoisotopic (exact) mass is 347 g/mol. The van der Waals surface area contributed by atoms with Gasteiger partial charge in [0, 0.05) is 45.1 Å². The molecular weight excluding hydrogens is 314 g/mol. The minimum Gasteiger partial charge on any atom is -0.449 e. The summed E-state index contributed by atoms with van der Waals surface area (Å²) in [7, 11) is 0. The summed E-state index contributed by atoms with van der Waals surface area (Å²) in [4.78, 5) is 20.8. The van der Waals surface area contributed by atoms with Crippen LogP contribution >= 0.6 is 0 Å².